The summed E-state index contributed by atoms with van der Waals surface area (Å²) in [5.74, 6) is 1.15. The number of carbonyl (C=O) groups excluding carboxylic acids is 1. The van der Waals surface area contributed by atoms with Gasteiger partial charge in [0.25, 0.3) is 0 Å². The standard InChI is InChI=1S/C19H25NO2S/c1-4-15(5-2)19(21)20(14-17-10-8-12-23-17)13-16-9-6-7-11-18(16)22-3/h6-12,15H,4-5,13-14H2,1-3H3. The molecule has 0 N–H and O–H groups in total. The Morgan fingerprint density at radius 3 is 2.48 bits per heavy atom. The molecule has 0 bridgehead atoms. The summed E-state index contributed by atoms with van der Waals surface area (Å²) in [6, 6.07) is 12.0. The van der Waals surface area contributed by atoms with Gasteiger partial charge in [-0.1, -0.05) is 38.1 Å². The third kappa shape index (κ3) is 4.58. The average molecular weight is 331 g/mol. The lowest BCUT2D eigenvalue weighted by Gasteiger charge is -2.27. The lowest BCUT2D eigenvalue weighted by molar-refractivity contribution is -0.137. The molecule has 0 saturated carbocycles. The van der Waals surface area contributed by atoms with E-state index in [0.717, 1.165) is 24.2 Å². The molecule has 1 aromatic carbocycles. The number of carbonyl (C=O) groups is 1. The van der Waals surface area contributed by atoms with E-state index in [0.29, 0.717) is 13.1 Å². The minimum atomic E-state index is 0.0877. The van der Waals surface area contributed by atoms with Crippen molar-refractivity contribution in [2.24, 2.45) is 5.92 Å². The Bertz CT molecular complexity index is 606. The molecule has 0 aliphatic carbocycles. The number of benzene rings is 1. The molecule has 0 radical (unpaired) electrons. The number of ether oxygens (including phenoxy) is 1. The highest BCUT2D eigenvalue weighted by Gasteiger charge is 2.23. The van der Waals surface area contributed by atoms with Crippen LogP contribution in [-0.4, -0.2) is 17.9 Å². The van der Waals surface area contributed by atoms with Crippen molar-refractivity contribution in [3.63, 3.8) is 0 Å². The molecular formula is C19H25NO2S. The zero-order valence-electron chi connectivity index (χ0n) is 14.1. The fraction of sp³-hybridized carbons (Fsp3) is 0.421. The molecule has 0 unspecified atom stereocenters. The van der Waals surface area contributed by atoms with Crippen LogP contribution in [0.15, 0.2) is 41.8 Å². The zero-order chi connectivity index (χ0) is 16.7. The van der Waals surface area contributed by atoms with Crippen molar-refractivity contribution in [2.45, 2.75) is 39.8 Å². The lowest BCUT2D eigenvalue weighted by Crippen LogP contribution is -2.34. The van der Waals surface area contributed by atoms with Gasteiger partial charge in [-0.2, -0.15) is 0 Å². The maximum absolute atomic E-state index is 12.9. The van der Waals surface area contributed by atoms with Gasteiger partial charge in [0, 0.05) is 22.9 Å². The number of thiophene rings is 1. The molecule has 2 rings (SSSR count). The predicted octanol–water partition coefficient (Wildman–Crippen LogP) is 4.72. The molecule has 3 nitrogen and oxygen atoms in total. The number of nitrogens with zero attached hydrogens (tertiary/aromatic N) is 1. The first-order chi connectivity index (χ1) is 11.2. The van der Waals surface area contributed by atoms with E-state index in [4.69, 9.17) is 4.74 Å². The highest BCUT2D eigenvalue weighted by molar-refractivity contribution is 7.09. The third-order valence-electron chi connectivity index (χ3n) is 4.13. The fourth-order valence-electron chi connectivity index (χ4n) is 2.74. The molecule has 0 aliphatic heterocycles. The summed E-state index contributed by atoms with van der Waals surface area (Å²) in [5.41, 5.74) is 1.05. The molecule has 0 atom stereocenters. The quantitative estimate of drug-likeness (QED) is 0.700. The average Bonchev–Trinajstić information content (AvgIpc) is 3.08. The maximum atomic E-state index is 12.9. The molecule has 0 aliphatic rings. The van der Waals surface area contributed by atoms with Gasteiger partial charge in [0.2, 0.25) is 5.91 Å². The monoisotopic (exact) mass is 331 g/mol. The van der Waals surface area contributed by atoms with Gasteiger partial charge in [-0.15, -0.1) is 11.3 Å². The van der Waals surface area contributed by atoms with Crippen molar-refractivity contribution in [3.8, 4) is 5.75 Å². The largest absolute Gasteiger partial charge is 0.496 e. The van der Waals surface area contributed by atoms with Crippen LogP contribution in [0.4, 0.5) is 0 Å². The van der Waals surface area contributed by atoms with E-state index >= 15 is 0 Å². The molecule has 124 valence electrons. The van der Waals surface area contributed by atoms with E-state index < -0.39 is 0 Å². The van der Waals surface area contributed by atoms with Gasteiger partial charge in [-0.25, -0.2) is 0 Å². The van der Waals surface area contributed by atoms with Crippen molar-refractivity contribution in [3.05, 3.63) is 52.2 Å². The maximum Gasteiger partial charge on any atom is 0.226 e. The Balaban J connectivity index is 2.23. The van der Waals surface area contributed by atoms with Gasteiger partial charge in [0.05, 0.1) is 13.7 Å². The van der Waals surface area contributed by atoms with Crippen molar-refractivity contribution in [1.82, 2.24) is 4.90 Å². The summed E-state index contributed by atoms with van der Waals surface area (Å²) in [5, 5.41) is 2.05. The molecule has 1 amide bonds. The first-order valence-electron chi connectivity index (χ1n) is 8.12. The van der Waals surface area contributed by atoms with Gasteiger partial charge in [0.1, 0.15) is 5.75 Å². The van der Waals surface area contributed by atoms with Crippen LogP contribution in [0.5, 0.6) is 5.75 Å². The fourth-order valence-corrected chi connectivity index (χ4v) is 3.46. The minimum absolute atomic E-state index is 0.0877. The smallest absolute Gasteiger partial charge is 0.226 e. The second kappa shape index (κ2) is 8.73. The zero-order valence-corrected chi connectivity index (χ0v) is 14.9. The van der Waals surface area contributed by atoms with E-state index in [9.17, 15) is 4.79 Å². The predicted molar refractivity (Wildman–Crippen MR) is 95.6 cm³/mol. The van der Waals surface area contributed by atoms with Crippen LogP contribution < -0.4 is 4.74 Å². The summed E-state index contributed by atoms with van der Waals surface area (Å²) in [7, 11) is 1.67. The molecule has 0 saturated heterocycles. The summed E-state index contributed by atoms with van der Waals surface area (Å²) in [6.45, 7) is 5.40. The number of amides is 1. The van der Waals surface area contributed by atoms with E-state index in [2.05, 4.69) is 25.3 Å². The minimum Gasteiger partial charge on any atom is -0.496 e. The van der Waals surface area contributed by atoms with Gasteiger partial charge in [0.15, 0.2) is 0 Å². The summed E-state index contributed by atoms with van der Waals surface area (Å²) in [4.78, 5) is 16.1. The van der Waals surface area contributed by atoms with Crippen LogP contribution in [0.2, 0.25) is 0 Å². The second-order valence-corrected chi connectivity index (χ2v) is 6.63. The van der Waals surface area contributed by atoms with Crippen molar-refractivity contribution < 1.29 is 9.53 Å². The van der Waals surface area contributed by atoms with Crippen molar-refractivity contribution >= 4 is 17.2 Å². The Morgan fingerprint density at radius 2 is 1.87 bits per heavy atom. The number of methoxy groups -OCH3 is 1. The molecular weight excluding hydrogens is 306 g/mol. The summed E-state index contributed by atoms with van der Waals surface area (Å²) < 4.78 is 5.44. The van der Waals surface area contributed by atoms with Gasteiger partial charge >= 0.3 is 0 Å². The number of para-hydroxylation sites is 1. The first-order valence-corrected chi connectivity index (χ1v) is 9.00. The topological polar surface area (TPSA) is 29.5 Å². The van der Waals surface area contributed by atoms with Crippen LogP contribution >= 0.6 is 11.3 Å². The van der Waals surface area contributed by atoms with Crippen LogP contribution in [0.1, 0.15) is 37.1 Å². The molecule has 2 aromatic rings. The third-order valence-corrected chi connectivity index (χ3v) is 4.99. The van der Waals surface area contributed by atoms with Crippen LogP contribution in [0.3, 0.4) is 0 Å². The Labute approximate surface area is 142 Å². The van der Waals surface area contributed by atoms with E-state index in [-0.39, 0.29) is 11.8 Å². The summed E-state index contributed by atoms with van der Waals surface area (Å²) >= 11 is 1.69. The lowest BCUT2D eigenvalue weighted by atomic mass is 10.0. The molecule has 23 heavy (non-hydrogen) atoms. The van der Waals surface area contributed by atoms with E-state index in [1.54, 1.807) is 18.4 Å². The van der Waals surface area contributed by atoms with Crippen molar-refractivity contribution in [2.75, 3.05) is 7.11 Å². The van der Waals surface area contributed by atoms with Gasteiger partial charge in [-0.05, 0) is 30.4 Å². The summed E-state index contributed by atoms with van der Waals surface area (Å²) in [6.07, 6.45) is 1.75. The Kier molecular flexibility index (Phi) is 6.66. The Morgan fingerprint density at radius 1 is 1.13 bits per heavy atom. The molecule has 4 heteroatoms. The number of hydrogen-bond donors (Lipinski definition) is 0. The SMILES string of the molecule is CCC(CC)C(=O)N(Cc1cccs1)Cc1ccccc1OC. The second-order valence-electron chi connectivity index (χ2n) is 5.60. The molecule has 0 fully saturated rings. The molecule has 0 spiro atoms. The van der Waals surface area contributed by atoms with Gasteiger partial charge in [-0.3, -0.25) is 4.79 Å². The van der Waals surface area contributed by atoms with Crippen LogP contribution in [0, 0.1) is 5.92 Å². The highest BCUT2D eigenvalue weighted by Crippen LogP contribution is 2.24. The van der Waals surface area contributed by atoms with E-state index in [1.165, 1.54) is 4.88 Å². The van der Waals surface area contributed by atoms with Gasteiger partial charge < -0.3 is 9.64 Å². The number of rotatable bonds is 8. The first kappa shape index (κ1) is 17.5. The van der Waals surface area contributed by atoms with Crippen molar-refractivity contribution in [1.29, 1.82) is 0 Å². The normalized spacial score (nSPS) is 10.8. The highest BCUT2D eigenvalue weighted by atomic mass is 32.1. The number of hydrogen-bond acceptors (Lipinski definition) is 3. The van der Waals surface area contributed by atoms with E-state index in [1.807, 2.05) is 35.2 Å². The molecule has 1 heterocycles. The molecule has 1 aromatic heterocycles. The van der Waals surface area contributed by atoms with Crippen LogP contribution in [-0.2, 0) is 17.9 Å². The Hall–Kier alpha value is -1.81. The van der Waals surface area contributed by atoms with Crippen LogP contribution in [0.25, 0.3) is 0 Å².